The maximum absolute atomic E-state index is 13.2. The number of rotatable bonds is 6. The maximum atomic E-state index is 13.2. The first-order chi connectivity index (χ1) is 16.2. The zero-order valence-corrected chi connectivity index (χ0v) is 20.2. The molecule has 0 atom stereocenters. The number of esters is 2. The van der Waals surface area contributed by atoms with Crippen LogP contribution in [0.1, 0.15) is 62.3 Å². The normalized spacial score (nSPS) is 14.7. The molecule has 1 aliphatic heterocycles. The van der Waals surface area contributed by atoms with Gasteiger partial charge in [-0.25, -0.2) is 18.0 Å². The van der Waals surface area contributed by atoms with E-state index in [4.69, 9.17) is 9.47 Å². The van der Waals surface area contributed by atoms with E-state index in [9.17, 15) is 22.8 Å². The Balaban J connectivity index is 1.93. The number of sulfonamides is 1. The lowest BCUT2D eigenvalue weighted by Gasteiger charge is -2.20. The van der Waals surface area contributed by atoms with Gasteiger partial charge in [0, 0.05) is 24.3 Å². The molecule has 34 heavy (non-hydrogen) atoms. The molecule has 2 aromatic rings. The molecule has 182 valence electrons. The lowest BCUT2D eigenvalue weighted by molar-refractivity contribution is 0.0598. The first kappa shape index (κ1) is 25.4. The van der Waals surface area contributed by atoms with Gasteiger partial charge in [-0.15, -0.1) is 0 Å². The molecule has 3 rings (SSSR count). The third-order valence-corrected chi connectivity index (χ3v) is 7.58. The number of nitrogens with zero attached hydrogens (tertiary/aromatic N) is 1. The van der Waals surface area contributed by atoms with E-state index in [0.717, 1.165) is 25.7 Å². The Morgan fingerprint density at radius 3 is 1.94 bits per heavy atom. The molecule has 0 unspecified atom stereocenters. The van der Waals surface area contributed by atoms with Crippen LogP contribution in [0.15, 0.2) is 41.3 Å². The van der Waals surface area contributed by atoms with E-state index >= 15 is 0 Å². The molecule has 0 aliphatic carbocycles. The molecule has 1 fully saturated rings. The summed E-state index contributed by atoms with van der Waals surface area (Å²) in [5, 5.41) is 2.64. The Morgan fingerprint density at radius 2 is 1.41 bits per heavy atom. The van der Waals surface area contributed by atoms with E-state index in [1.165, 1.54) is 48.9 Å². The summed E-state index contributed by atoms with van der Waals surface area (Å²) in [6.07, 6.45) is 3.59. The Bertz CT molecular complexity index is 1170. The Hall–Kier alpha value is -3.24. The van der Waals surface area contributed by atoms with Crippen LogP contribution in [-0.2, 0) is 19.5 Å². The summed E-state index contributed by atoms with van der Waals surface area (Å²) in [5.74, 6) is -1.96. The minimum Gasteiger partial charge on any atom is -0.465 e. The third kappa shape index (κ3) is 5.63. The summed E-state index contributed by atoms with van der Waals surface area (Å²) < 4.78 is 37.3. The van der Waals surface area contributed by atoms with Gasteiger partial charge in [-0.1, -0.05) is 18.9 Å². The summed E-state index contributed by atoms with van der Waals surface area (Å²) >= 11 is 0. The highest BCUT2D eigenvalue weighted by Gasteiger charge is 2.26. The molecule has 0 radical (unpaired) electrons. The second-order valence-electron chi connectivity index (χ2n) is 8.03. The van der Waals surface area contributed by atoms with E-state index in [1.54, 1.807) is 13.0 Å². The number of aryl methyl sites for hydroxylation is 1. The summed E-state index contributed by atoms with van der Waals surface area (Å²) in [6, 6.07) is 8.47. The highest BCUT2D eigenvalue weighted by atomic mass is 32.2. The number of ether oxygens (including phenoxy) is 2. The van der Waals surface area contributed by atoms with Crippen molar-refractivity contribution >= 4 is 33.6 Å². The van der Waals surface area contributed by atoms with Gasteiger partial charge >= 0.3 is 11.9 Å². The van der Waals surface area contributed by atoms with Crippen LogP contribution in [-0.4, -0.2) is 57.9 Å². The van der Waals surface area contributed by atoms with E-state index in [0.29, 0.717) is 18.7 Å². The predicted molar refractivity (Wildman–Crippen MR) is 125 cm³/mol. The number of methoxy groups -OCH3 is 2. The van der Waals surface area contributed by atoms with Gasteiger partial charge in [-0.3, -0.25) is 4.79 Å². The molecule has 0 spiro atoms. The second-order valence-corrected chi connectivity index (χ2v) is 9.97. The molecule has 0 aromatic heterocycles. The fraction of sp³-hybridized carbons (Fsp3) is 0.375. The average molecular weight is 489 g/mol. The average Bonchev–Trinajstić information content (AvgIpc) is 3.13. The molecule has 0 bridgehead atoms. The molecule has 10 heteroatoms. The molecular formula is C24H28N2O7S. The van der Waals surface area contributed by atoms with E-state index in [2.05, 4.69) is 5.32 Å². The Morgan fingerprint density at radius 1 is 0.853 bits per heavy atom. The maximum Gasteiger partial charge on any atom is 0.337 e. The van der Waals surface area contributed by atoms with E-state index < -0.39 is 27.9 Å². The highest BCUT2D eigenvalue weighted by molar-refractivity contribution is 7.89. The first-order valence-corrected chi connectivity index (χ1v) is 12.3. The van der Waals surface area contributed by atoms with Crippen LogP contribution < -0.4 is 5.32 Å². The number of anilines is 1. The summed E-state index contributed by atoms with van der Waals surface area (Å²) in [6.45, 7) is 2.60. The van der Waals surface area contributed by atoms with Crippen molar-refractivity contribution < 1.29 is 32.3 Å². The fourth-order valence-corrected chi connectivity index (χ4v) is 5.35. The molecule has 1 aliphatic rings. The number of carbonyl (C=O) groups is 3. The van der Waals surface area contributed by atoms with Gasteiger partial charge in [0.1, 0.15) is 0 Å². The van der Waals surface area contributed by atoms with Crippen molar-refractivity contribution in [3.63, 3.8) is 0 Å². The van der Waals surface area contributed by atoms with Crippen LogP contribution in [0.4, 0.5) is 5.69 Å². The van der Waals surface area contributed by atoms with E-state index in [1.807, 2.05) is 0 Å². The third-order valence-electron chi connectivity index (χ3n) is 5.69. The van der Waals surface area contributed by atoms with Crippen molar-refractivity contribution in [1.82, 2.24) is 4.31 Å². The quantitative estimate of drug-likeness (QED) is 0.619. The number of nitrogens with one attached hydrogen (secondary N) is 1. The SMILES string of the molecule is COC(=O)c1cc(NC(=O)c2cc(S(=O)(=O)N3CCCCCC3)ccc2C)cc(C(=O)OC)c1. The summed E-state index contributed by atoms with van der Waals surface area (Å²) in [5.41, 5.74) is 1.00. The van der Waals surface area contributed by atoms with Crippen LogP contribution in [0.2, 0.25) is 0 Å². The zero-order chi connectivity index (χ0) is 24.9. The monoisotopic (exact) mass is 488 g/mol. The molecule has 0 saturated carbocycles. The van der Waals surface area contributed by atoms with Gasteiger partial charge < -0.3 is 14.8 Å². The highest BCUT2D eigenvalue weighted by Crippen LogP contribution is 2.24. The number of hydrogen-bond donors (Lipinski definition) is 1. The lowest BCUT2D eigenvalue weighted by atomic mass is 10.1. The number of amides is 1. The van der Waals surface area contributed by atoms with Crippen molar-refractivity contribution in [3.05, 3.63) is 58.7 Å². The van der Waals surface area contributed by atoms with Gasteiger partial charge in [0.2, 0.25) is 10.0 Å². The predicted octanol–water partition coefficient (Wildman–Crippen LogP) is 3.39. The summed E-state index contributed by atoms with van der Waals surface area (Å²) in [7, 11) is -1.34. The second kappa shape index (κ2) is 10.8. The van der Waals surface area contributed by atoms with E-state index in [-0.39, 0.29) is 27.3 Å². The standard InChI is InChI=1S/C24H28N2O7S/c1-16-8-9-20(34(30,31)26-10-6-4-5-7-11-26)15-21(16)22(27)25-19-13-17(23(28)32-2)12-18(14-19)24(29)33-3/h8-9,12-15H,4-7,10-11H2,1-3H3,(H,25,27). The molecule has 1 heterocycles. The van der Waals surface area contributed by atoms with Crippen LogP contribution in [0, 0.1) is 6.92 Å². The molecule has 1 saturated heterocycles. The Labute approximate surface area is 199 Å². The van der Waals surface area contributed by atoms with Crippen molar-refractivity contribution in [2.75, 3.05) is 32.6 Å². The number of hydrogen-bond acceptors (Lipinski definition) is 7. The topological polar surface area (TPSA) is 119 Å². The summed E-state index contributed by atoms with van der Waals surface area (Å²) in [4.78, 5) is 37.2. The molecule has 1 N–H and O–H groups in total. The lowest BCUT2D eigenvalue weighted by Crippen LogP contribution is -2.32. The molecule has 2 aromatic carbocycles. The fourth-order valence-electron chi connectivity index (χ4n) is 3.81. The van der Waals surface area contributed by atoms with Gasteiger partial charge in [0.05, 0.1) is 30.2 Å². The van der Waals surface area contributed by atoms with Gasteiger partial charge in [0.25, 0.3) is 5.91 Å². The molecular weight excluding hydrogens is 460 g/mol. The zero-order valence-electron chi connectivity index (χ0n) is 19.4. The van der Waals surface area contributed by atoms with Crippen molar-refractivity contribution in [1.29, 1.82) is 0 Å². The Kier molecular flexibility index (Phi) is 8.06. The number of benzene rings is 2. The van der Waals surface area contributed by atoms with Crippen molar-refractivity contribution in [2.45, 2.75) is 37.5 Å². The largest absolute Gasteiger partial charge is 0.465 e. The minimum atomic E-state index is -3.74. The molecule has 1 amide bonds. The van der Waals surface area contributed by atoms with Gasteiger partial charge in [-0.2, -0.15) is 4.31 Å². The van der Waals surface area contributed by atoms with Gasteiger partial charge in [-0.05, 0) is 55.7 Å². The minimum absolute atomic E-state index is 0.0451. The van der Waals surface area contributed by atoms with Crippen LogP contribution in [0.3, 0.4) is 0 Å². The first-order valence-electron chi connectivity index (χ1n) is 10.9. The van der Waals surface area contributed by atoms with Crippen molar-refractivity contribution in [3.8, 4) is 0 Å². The van der Waals surface area contributed by atoms with Crippen LogP contribution >= 0.6 is 0 Å². The smallest absolute Gasteiger partial charge is 0.337 e. The van der Waals surface area contributed by atoms with Crippen LogP contribution in [0.5, 0.6) is 0 Å². The van der Waals surface area contributed by atoms with Crippen molar-refractivity contribution in [2.24, 2.45) is 0 Å². The van der Waals surface area contributed by atoms with Gasteiger partial charge in [0.15, 0.2) is 0 Å². The number of carbonyl (C=O) groups excluding carboxylic acids is 3. The molecule has 9 nitrogen and oxygen atoms in total. The van der Waals surface area contributed by atoms with Crippen LogP contribution in [0.25, 0.3) is 0 Å².